The summed E-state index contributed by atoms with van der Waals surface area (Å²) in [7, 11) is 0. The summed E-state index contributed by atoms with van der Waals surface area (Å²) in [5.74, 6) is -1.17. The number of aromatic hydroxyl groups is 2. The molecular formula is C20H14F2N2O2Pt. The summed E-state index contributed by atoms with van der Waals surface area (Å²) in [5.41, 5.74) is 1.38. The second-order valence-corrected chi connectivity index (χ2v) is 5.41. The maximum atomic E-state index is 13.3. The van der Waals surface area contributed by atoms with Crippen LogP contribution in [0.2, 0.25) is 0 Å². The Balaban J connectivity index is 0.00000261. The average molecular weight is 547 g/mol. The zero-order valence-corrected chi connectivity index (χ0v) is 16.1. The summed E-state index contributed by atoms with van der Waals surface area (Å²) in [6, 6.07) is 14.0. The molecule has 0 amide bonds. The minimum Gasteiger partial charge on any atom is -0.507 e. The summed E-state index contributed by atoms with van der Waals surface area (Å²) in [4.78, 5) is 8.46. The first kappa shape index (κ1) is 20.5. The number of phenolic OH excluding ortho intramolecular Hbond substituents is 2. The molecular weight excluding hydrogens is 533 g/mol. The number of hydrogen-bond acceptors (Lipinski definition) is 4. The number of hydrogen-bond donors (Lipinski definition) is 2. The smallest absolute Gasteiger partial charge is 0.124 e. The van der Waals surface area contributed by atoms with Crippen LogP contribution in [0.25, 0.3) is 0 Å². The molecule has 2 N–H and O–H groups in total. The van der Waals surface area contributed by atoms with Crippen molar-refractivity contribution in [1.82, 2.24) is 0 Å². The molecule has 3 aromatic rings. The molecule has 0 saturated carbocycles. The SMILES string of the molecule is Oc1ccc(F)cc1C=Nc1ccccc1N=Cc1cc(F)ccc1O.[Pt]. The maximum absolute atomic E-state index is 13.3. The normalized spacial score (nSPS) is 11.0. The monoisotopic (exact) mass is 547 g/mol. The van der Waals surface area contributed by atoms with Crippen LogP contribution in [-0.4, -0.2) is 22.6 Å². The number of nitrogens with zero attached hydrogens (tertiary/aromatic N) is 2. The fourth-order valence-electron chi connectivity index (χ4n) is 2.22. The molecule has 0 saturated heterocycles. The summed E-state index contributed by atoms with van der Waals surface area (Å²) in [5, 5.41) is 19.5. The summed E-state index contributed by atoms with van der Waals surface area (Å²) < 4.78 is 26.6. The van der Waals surface area contributed by atoms with Crippen molar-refractivity contribution < 1.29 is 40.1 Å². The van der Waals surface area contributed by atoms with Crippen molar-refractivity contribution in [3.63, 3.8) is 0 Å². The zero-order chi connectivity index (χ0) is 18.5. The molecule has 0 aromatic heterocycles. The average Bonchev–Trinajstić information content (AvgIpc) is 2.64. The van der Waals surface area contributed by atoms with Gasteiger partial charge in [0, 0.05) is 44.6 Å². The van der Waals surface area contributed by atoms with E-state index in [2.05, 4.69) is 9.98 Å². The molecule has 0 unspecified atom stereocenters. The molecule has 140 valence electrons. The minimum absolute atomic E-state index is 0. The van der Waals surface area contributed by atoms with Gasteiger partial charge in [0.2, 0.25) is 0 Å². The standard InChI is InChI=1S/C20H14F2N2O2.Pt/c21-15-5-7-19(25)13(9-15)11-23-17-3-1-2-4-18(17)24-12-14-10-16(22)6-8-20(14)26;/h1-12,25-26H;. The van der Waals surface area contributed by atoms with Gasteiger partial charge in [-0.15, -0.1) is 0 Å². The molecule has 3 aromatic carbocycles. The van der Waals surface area contributed by atoms with Gasteiger partial charge >= 0.3 is 0 Å². The van der Waals surface area contributed by atoms with Crippen LogP contribution in [0.15, 0.2) is 70.6 Å². The van der Waals surface area contributed by atoms with Crippen LogP contribution in [0.3, 0.4) is 0 Å². The van der Waals surface area contributed by atoms with Crippen LogP contribution in [0.1, 0.15) is 11.1 Å². The summed E-state index contributed by atoms with van der Waals surface area (Å²) in [6.45, 7) is 0. The second-order valence-electron chi connectivity index (χ2n) is 5.41. The minimum atomic E-state index is -0.489. The Morgan fingerprint density at radius 2 is 1.07 bits per heavy atom. The van der Waals surface area contributed by atoms with Gasteiger partial charge in [0.1, 0.15) is 23.1 Å². The third kappa shape index (κ3) is 5.31. The van der Waals surface area contributed by atoms with E-state index in [9.17, 15) is 19.0 Å². The third-order valence-corrected chi connectivity index (χ3v) is 3.55. The largest absolute Gasteiger partial charge is 0.507 e. The molecule has 0 atom stereocenters. The molecule has 0 aliphatic carbocycles. The Labute approximate surface area is 168 Å². The topological polar surface area (TPSA) is 65.2 Å². The fraction of sp³-hybridized carbons (Fsp3) is 0. The molecule has 0 bridgehead atoms. The van der Waals surface area contributed by atoms with Crippen molar-refractivity contribution in [2.45, 2.75) is 0 Å². The van der Waals surface area contributed by atoms with Crippen molar-refractivity contribution >= 4 is 23.8 Å². The number of rotatable bonds is 4. The Hall–Kier alpha value is -2.85. The molecule has 27 heavy (non-hydrogen) atoms. The van der Waals surface area contributed by atoms with Crippen molar-refractivity contribution in [3.05, 3.63) is 83.4 Å². The first-order valence-corrected chi connectivity index (χ1v) is 7.67. The van der Waals surface area contributed by atoms with Crippen LogP contribution < -0.4 is 0 Å². The van der Waals surface area contributed by atoms with Crippen molar-refractivity contribution in [2.75, 3.05) is 0 Å². The molecule has 4 nitrogen and oxygen atoms in total. The molecule has 0 aliphatic heterocycles. The van der Waals surface area contributed by atoms with Gasteiger partial charge in [-0.1, -0.05) is 12.1 Å². The first-order valence-electron chi connectivity index (χ1n) is 7.67. The van der Waals surface area contributed by atoms with Gasteiger partial charge in [-0.05, 0) is 48.5 Å². The van der Waals surface area contributed by atoms with Crippen LogP contribution in [0, 0.1) is 11.6 Å². The van der Waals surface area contributed by atoms with Crippen molar-refractivity contribution in [2.24, 2.45) is 9.98 Å². The quantitative estimate of drug-likeness (QED) is 0.458. The van der Waals surface area contributed by atoms with E-state index in [1.54, 1.807) is 24.3 Å². The van der Waals surface area contributed by atoms with Crippen molar-refractivity contribution in [3.8, 4) is 11.5 Å². The van der Waals surface area contributed by atoms with Gasteiger partial charge in [-0.2, -0.15) is 0 Å². The van der Waals surface area contributed by atoms with Gasteiger partial charge < -0.3 is 10.2 Å². The van der Waals surface area contributed by atoms with Crippen molar-refractivity contribution in [1.29, 1.82) is 0 Å². The van der Waals surface area contributed by atoms with E-state index in [4.69, 9.17) is 0 Å². The molecule has 0 heterocycles. The van der Waals surface area contributed by atoms with E-state index in [0.717, 1.165) is 24.3 Å². The van der Waals surface area contributed by atoms with E-state index in [1.165, 1.54) is 24.6 Å². The number of halogens is 2. The Bertz CT molecular complexity index is 927. The predicted molar refractivity (Wildman–Crippen MR) is 97.1 cm³/mol. The molecule has 7 heteroatoms. The van der Waals surface area contributed by atoms with Crippen LogP contribution in [0.4, 0.5) is 20.2 Å². The number of para-hydroxylation sites is 2. The van der Waals surface area contributed by atoms with Gasteiger partial charge in [0.05, 0.1) is 11.4 Å². The van der Waals surface area contributed by atoms with Gasteiger partial charge in [0.15, 0.2) is 0 Å². The van der Waals surface area contributed by atoms with Crippen LogP contribution in [0.5, 0.6) is 11.5 Å². The van der Waals surface area contributed by atoms with E-state index in [0.29, 0.717) is 11.4 Å². The molecule has 0 radical (unpaired) electrons. The Morgan fingerprint density at radius 3 is 1.48 bits per heavy atom. The van der Waals surface area contributed by atoms with E-state index in [1.807, 2.05) is 0 Å². The second kappa shape index (κ2) is 9.19. The van der Waals surface area contributed by atoms with E-state index < -0.39 is 11.6 Å². The van der Waals surface area contributed by atoms with Gasteiger partial charge in [-0.3, -0.25) is 9.98 Å². The number of phenols is 2. The molecule has 0 fully saturated rings. The molecule has 0 spiro atoms. The molecule has 0 aliphatic rings. The maximum Gasteiger partial charge on any atom is 0.124 e. The predicted octanol–water partition coefficient (Wildman–Crippen LogP) is 4.87. The first-order chi connectivity index (χ1) is 12.5. The number of aliphatic imine (C=N–C) groups is 2. The van der Waals surface area contributed by atoms with E-state index >= 15 is 0 Å². The number of benzene rings is 3. The summed E-state index contributed by atoms with van der Waals surface area (Å²) in [6.07, 6.45) is 2.65. The fourth-order valence-corrected chi connectivity index (χ4v) is 2.22. The zero-order valence-electron chi connectivity index (χ0n) is 13.8. The van der Waals surface area contributed by atoms with Crippen LogP contribution >= 0.6 is 0 Å². The van der Waals surface area contributed by atoms with Gasteiger partial charge in [0.25, 0.3) is 0 Å². The molecule has 3 rings (SSSR count). The van der Waals surface area contributed by atoms with Gasteiger partial charge in [-0.25, -0.2) is 8.78 Å². The summed E-state index contributed by atoms with van der Waals surface area (Å²) >= 11 is 0. The third-order valence-electron chi connectivity index (χ3n) is 3.55. The van der Waals surface area contributed by atoms with E-state index in [-0.39, 0.29) is 43.7 Å². The Kier molecular flexibility index (Phi) is 6.97. The Morgan fingerprint density at radius 1 is 0.667 bits per heavy atom. The van der Waals surface area contributed by atoms with Crippen LogP contribution in [-0.2, 0) is 21.1 Å².